The Kier molecular flexibility index (Phi) is 6.50. The fourth-order valence-electron chi connectivity index (χ4n) is 3.74. The number of likely N-dealkylation sites (tertiary alicyclic amines) is 1. The van der Waals surface area contributed by atoms with Crippen LogP contribution in [0, 0.1) is 13.8 Å². The molecule has 1 aliphatic rings. The number of carbonyl (C=O) groups is 2. The number of hydrogen-bond acceptors (Lipinski definition) is 5. The van der Waals surface area contributed by atoms with Crippen molar-refractivity contribution in [1.29, 1.82) is 0 Å². The normalized spacial score (nSPS) is 14.4. The van der Waals surface area contributed by atoms with Crippen LogP contribution in [0.3, 0.4) is 0 Å². The van der Waals surface area contributed by atoms with Crippen molar-refractivity contribution in [2.75, 3.05) is 24.4 Å². The molecule has 1 fully saturated rings. The second kappa shape index (κ2) is 8.91. The lowest BCUT2D eigenvalue weighted by molar-refractivity contribution is 0.0526. The van der Waals surface area contributed by atoms with Gasteiger partial charge in [0.2, 0.25) is 0 Å². The van der Waals surface area contributed by atoms with Crippen LogP contribution in [0.4, 0.5) is 5.69 Å². The number of sulfonamides is 1. The van der Waals surface area contributed by atoms with Crippen molar-refractivity contribution in [3.63, 3.8) is 0 Å². The van der Waals surface area contributed by atoms with Gasteiger partial charge in [0.15, 0.2) is 0 Å². The van der Waals surface area contributed by atoms with Gasteiger partial charge in [0.1, 0.15) is 4.90 Å². The third-order valence-electron chi connectivity index (χ3n) is 5.07. The second-order valence-corrected chi connectivity index (χ2v) is 8.96. The Balaban J connectivity index is 1.94. The van der Waals surface area contributed by atoms with Crippen LogP contribution in [0.5, 0.6) is 0 Å². The van der Waals surface area contributed by atoms with E-state index in [9.17, 15) is 18.0 Å². The topological polar surface area (TPSA) is 109 Å². The average Bonchev–Trinajstić information content (AvgIpc) is 3.02. The first-order valence-electron chi connectivity index (χ1n) is 10.0. The fraction of sp³-hybridized carbons (Fsp3) is 0.429. The molecular formula is C21H27N3O5S. The molecule has 1 amide bonds. The number of benzene rings is 1. The molecule has 2 N–H and O–H groups in total. The van der Waals surface area contributed by atoms with Crippen LogP contribution in [-0.2, 0) is 14.8 Å². The Hall–Kier alpha value is -2.81. The number of carbonyl (C=O) groups excluding carboxylic acids is 2. The zero-order valence-electron chi connectivity index (χ0n) is 17.4. The first-order valence-corrected chi connectivity index (χ1v) is 11.5. The number of nitrogens with one attached hydrogen (secondary N) is 2. The van der Waals surface area contributed by atoms with Gasteiger partial charge in [-0.2, -0.15) is 0 Å². The molecule has 0 unspecified atom stereocenters. The van der Waals surface area contributed by atoms with E-state index in [1.54, 1.807) is 43.9 Å². The molecule has 9 heteroatoms. The predicted molar refractivity (Wildman–Crippen MR) is 113 cm³/mol. The Morgan fingerprint density at radius 2 is 1.83 bits per heavy atom. The van der Waals surface area contributed by atoms with Gasteiger partial charge in [0, 0.05) is 30.2 Å². The summed E-state index contributed by atoms with van der Waals surface area (Å²) in [5.41, 5.74) is 1.54. The van der Waals surface area contributed by atoms with E-state index < -0.39 is 16.0 Å². The summed E-state index contributed by atoms with van der Waals surface area (Å²) in [5, 5.41) is 0. The Bertz CT molecular complexity index is 1050. The quantitative estimate of drug-likeness (QED) is 0.680. The van der Waals surface area contributed by atoms with Gasteiger partial charge in [0.05, 0.1) is 17.7 Å². The summed E-state index contributed by atoms with van der Waals surface area (Å²) in [6.45, 7) is 6.49. The monoisotopic (exact) mass is 433 g/mol. The van der Waals surface area contributed by atoms with Gasteiger partial charge in [0.25, 0.3) is 15.9 Å². The highest BCUT2D eigenvalue weighted by atomic mass is 32.2. The van der Waals surface area contributed by atoms with Crippen molar-refractivity contribution < 1.29 is 22.7 Å². The van der Waals surface area contributed by atoms with Crippen LogP contribution in [0.2, 0.25) is 0 Å². The maximum absolute atomic E-state index is 13.2. The molecule has 1 saturated heterocycles. The standard InChI is InChI=1S/C21H27N3O5S/c1-4-29-21(26)16-9-8-10-17(13-16)23-30(27,28)19-15(3)22-14(2)18(19)20(25)24-11-6-5-7-12-24/h8-10,13,22-23H,4-7,11-12H2,1-3H3. The number of aryl methyl sites for hydroxylation is 2. The van der Waals surface area contributed by atoms with Gasteiger partial charge < -0.3 is 14.6 Å². The molecule has 8 nitrogen and oxygen atoms in total. The fourth-order valence-corrected chi connectivity index (χ4v) is 5.24. The number of nitrogens with zero attached hydrogens (tertiary/aromatic N) is 1. The lowest BCUT2D eigenvalue weighted by atomic mass is 10.1. The summed E-state index contributed by atoms with van der Waals surface area (Å²) in [6.07, 6.45) is 2.89. The van der Waals surface area contributed by atoms with E-state index in [-0.39, 0.29) is 34.2 Å². The molecule has 0 saturated carbocycles. The summed E-state index contributed by atoms with van der Waals surface area (Å²) in [6, 6.07) is 6.07. The van der Waals surface area contributed by atoms with Gasteiger partial charge in [-0.1, -0.05) is 6.07 Å². The Morgan fingerprint density at radius 3 is 2.50 bits per heavy atom. The van der Waals surface area contributed by atoms with Crippen LogP contribution in [0.15, 0.2) is 29.2 Å². The van der Waals surface area contributed by atoms with Gasteiger partial charge in [-0.3, -0.25) is 9.52 Å². The molecule has 1 aliphatic heterocycles. The van der Waals surface area contributed by atoms with Crippen LogP contribution in [0.1, 0.15) is 58.3 Å². The van der Waals surface area contributed by atoms with Crippen LogP contribution >= 0.6 is 0 Å². The first kappa shape index (κ1) is 21.9. The molecule has 0 spiro atoms. The van der Waals surface area contributed by atoms with Crippen molar-refractivity contribution in [2.45, 2.75) is 44.9 Å². The Morgan fingerprint density at radius 1 is 1.13 bits per heavy atom. The molecular weight excluding hydrogens is 406 g/mol. The van der Waals surface area contributed by atoms with E-state index in [1.807, 2.05) is 0 Å². The van der Waals surface area contributed by atoms with Gasteiger partial charge in [-0.25, -0.2) is 13.2 Å². The van der Waals surface area contributed by atoms with Crippen molar-refractivity contribution >= 4 is 27.6 Å². The summed E-state index contributed by atoms with van der Waals surface area (Å²) in [4.78, 5) is 29.7. The maximum atomic E-state index is 13.2. The number of amides is 1. The molecule has 30 heavy (non-hydrogen) atoms. The van der Waals surface area contributed by atoms with Crippen LogP contribution in [-0.4, -0.2) is 49.9 Å². The summed E-state index contributed by atoms with van der Waals surface area (Å²) in [5.74, 6) is -0.814. The summed E-state index contributed by atoms with van der Waals surface area (Å²) in [7, 11) is -4.07. The molecule has 1 aromatic heterocycles. The number of hydrogen-bond donors (Lipinski definition) is 2. The first-order chi connectivity index (χ1) is 14.2. The number of ether oxygens (including phenoxy) is 1. The van der Waals surface area contributed by atoms with E-state index >= 15 is 0 Å². The molecule has 3 rings (SSSR count). The highest BCUT2D eigenvalue weighted by Gasteiger charge is 2.32. The van der Waals surface area contributed by atoms with E-state index in [4.69, 9.17) is 4.74 Å². The molecule has 0 atom stereocenters. The van der Waals surface area contributed by atoms with Crippen molar-refractivity contribution in [1.82, 2.24) is 9.88 Å². The van der Waals surface area contributed by atoms with E-state index in [0.717, 1.165) is 19.3 Å². The zero-order chi connectivity index (χ0) is 21.9. The molecule has 162 valence electrons. The number of H-pyrrole nitrogens is 1. The van der Waals surface area contributed by atoms with Crippen molar-refractivity contribution in [3.05, 3.63) is 46.8 Å². The van der Waals surface area contributed by atoms with Crippen LogP contribution < -0.4 is 4.72 Å². The number of rotatable bonds is 6. The summed E-state index contributed by atoms with van der Waals surface area (Å²) >= 11 is 0. The smallest absolute Gasteiger partial charge is 0.338 e. The highest BCUT2D eigenvalue weighted by Crippen LogP contribution is 2.28. The van der Waals surface area contributed by atoms with E-state index in [0.29, 0.717) is 24.5 Å². The number of aromatic amines is 1. The summed E-state index contributed by atoms with van der Waals surface area (Å²) < 4.78 is 33.9. The second-order valence-electron chi connectivity index (χ2n) is 7.34. The third-order valence-corrected chi connectivity index (χ3v) is 6.62. The largest absolute Gasteiger partial charge is 0.462 e. The molecule has 2 heterocycles. The number of aromatic nitrogens is 1. The lowest BCUT2D eigenvalue weighted by Crippen LogP contribution is -2.36. The van der Waals surface area contributed by atoms with Gasteiger partial charge in [-0.15, -0.1) is 0 Å². The third kappa shape index (κ3) is 4.51. The highest BCUT2D eigenvalue weighted by molar-refractivity contribution is 7.92. The minimum atomic E-state index is -4.07. The van der Waals surface area contributed by atoms with Crippen LogP contribution in [0.25, 0.3) is 0 Å². The van der Waals surface area contributed by atoms with Crippen molar-refractivity contribution in [3.8, 4) is 0 Å². The minimum Gasteiger partial charge on any atom is -0.462 e. The van der Waals surface area contributed by atoms with Gasteiger partial charge in [-0.05, 0) is 58.2 Å². The molecule has 0 radical (unpaired) electrons. The van der Waals surface area contributed by atoms with E-state index in [2.05, 4.69) is 9.71 Å². The molecule has 0 aliphatic carbocycles. The number of piperidine rings is 1. The SMILES string of the molecule is CCOC(=O)c1cccc(NS(=O)(=O)c2c(C)[nH]c(C)c2C(=O)N2CCCCC2)c1. The molecule has 1 aromatic carbocycles. The average molecular weight is 434 g/mol. The predicted octanol–water partition coefficient (Wildman–Crippen LogP) is 3.24. The van der Waals surface area contributed by atoms with E-state index in [1.165, 1.54) is 6.07 Å². The lowest BCUT2D eigenvalue weighted by Gasteiger charge is -2.27. The maximum Gasteiger partial charge on any atom is 0.338 e. The molecule has 0 bridgehead atoms. The van der Waals surface area contributed by atoms with Gasteiger partial charge >= 0.3 is 5.97 Å². The Labute approximate surface area is 176 Å². The molecule has 2 aromatic rings. The minimum absolute atomic E-state index is 0.0582. The van der Waals surface area contributed by atoms with Crippen molar-refractivity contribution in [2.24, 2.45) is 0 Å². The number of esters is 1. The number of anilines is 1. The zero-order valence-corrected chi connectivity index (χ0v) is 18.3.